The van der Waals surface area contributed by atoms with Gasteiger partial charge < -0.3 is 5.11 Å². The lowest BCUT2D eigenvalue weighted by atomic mass is 9.97. The summed E-state index contributed by atoms with van der Waals surface area (Å²) >= 11 is 0. The third-order valence-corrected chi connectivity index (χ3v) is 2.75. The van der Waals surface area contributed by atoms with Gasteiger partial charge in [-0.15, -0.1) is 0 Å². The molecule has 1 atom stereocenters. The van der Waals surface area contributed by atoms with Crippen LogP contribution in [-0.2, 0) is 16.0 Å². The minimum absolute atomic E-state index is 0.208. The first-order valence-corrected chi connectivity index (χ1v) is 5.22. The zero-order chi connectivity index (χ0) is 12.4. The van der Waals surface area contributed by atoms with E-state index in [1.165, 1.54) is 12.1 Å². The molecule has 1 heterocycles. The Labute approximate surface area is 97.4 Å². The summed E-state index contributed by atoms with van der Waals surface area (Å²) in [6, 6.07) is 6.32. The van der Waals surface area contributed by atoms with Crippen molar-refractivity contribution in [2.24, 2.45) is 5.92 Å². The van der Waals surface area contributed by atoms with Gasteiger partial charge in [0, 0.05) is 6.42 Å². The van der Waals surface area contributed by atoms with E-state index in [2.05, 4.69) is 5.32 Å². The van der Waals surface area contributed by atoms with Crippen LogP contribution in [-0.4, -0.2) is 22.9 Å². The van der Waals surface area contributed by atoms with Gasteiger partial charge in [-0.3, -0.25) is 14.9 Å². The Morgan fingerprint density at radius 2 is 1.94 bits per heavy atom. The second kappa shape index (κ2) is 4.37. The lowest BCUT2D eigenvalue weighted by Gasteiger charge is -2.05. The van der Waals surface area contributed by atoms with Gasteiger partial charge in [-0.1, -0.05) is 12.1 Å². The van der Waals surface area contributed by atoms with Crippen molar-refractivity contribution in [3.05, 3.63) is 35.4 Å². The maximum Gasteiger partial charge on any atom is 0.335 e. The molecule has 0 bridgehead atoms. The topological polar surface area (TPSA) is 83.5 Å². The molecule has 2 amide bonds. The fourth-order valence-corrected chi connectivity index (χ4v) is 1.84. The maximum absolute atomic E-state index is 11.3. The van der Waals surface area contributed by atoms with Crippen molar-refractivity contribution in [2.75, 3.05) is 0 Å². The molecular weight excluding hydrogens is 222 g/mol. The summed E-state index contributed by atoms with van der Waals surface area (Å²) in [6.45, 7) is 0. The standard InChI is InChI=1S/C12H11NO4/c14-10-6-9(11(15)13-10)5-7-1-3-8(4-2-7)12(16)17/h1-4,9H,5-6H2,(H,16,17)(H,13,14,15)/t9-/m1/s1. The monoisotopic (exact) mass is 233 g/mol. The van der Waals surface area contributed by atoms with E-state index in [9.17, 15) is 14.4 Å². The molecular formula is C12H11NO4. The van der Waals surface area contributed by atoms with Crippen LogP contribution >= 0.6 is 0 Å². The fourth-order valence-electron chi connectivity index (χ4n) is 1.84. The molecule has 0 unspecified atom stereocenters. The van der Waals surface area contributed by atoms with Crippen LogP contribution in [0, 0.1) is 5.92 Å². The zero-order valence-electron chi connectivity index (χ0n) is 8.97. The number of imide groups is 1. The summed E-state index contributed by atoms with van der Waals surface area (Å²) in [7, 11) is 0. The lowest BCUT2D eigenvalue weighted by molar-refractivity contribution is -0.125. The van der Waals surface area contributed by atoms with Gasteiger partial charge in [0.1, 0.15) is 0 Å². The van der Waals surface area contributed by atoms with Gasteiger partial charge in [0.2, 0.25) is 11.8 Å². The number of carboxylic acids is 1. The minimum atomic E-state index is -0.981. The Kier molecular flexibility index (Phi) is 2.91. The SMILES string of the molecule is O=C1C[C@@H](Cc2ccc(C(=O)O)cc2)C(=O)N1. The third kappa shape index (κ3) is 2.50. The average Bonchev–Trinajstić information content (AvgIpc) is 2.58. The average molecular weight is 233 g/mol. The van der Waals surface area contributed by atoms with E-state index < -0.39 is 5.97 Å². The van der Waals surface area contributed by atoms with Crippen molar-refractivity contribution < 1.29 is 19.5 Å². The van der Waals surface area contributed by atoms with Crippen LogP contribution in [0.1, 0.15) is 22.3 Å². The number of hydrogen-bond donors (Lipinski definition) is 2. The molecule has 5 heteroatoms. The van der Waals surface area contributed by atoms with E-state index in [0.29, 0.717) is 6.42 Å². The molecule has 0 aromatic heterocycles. The van der Waals surface area contributed by atoms with Crippen molar-refractivity contribution in [1.82, 2.24) is 5.32 Å². The Morgan fingerprint density at radius 3 is 2.41 bits per heavy atom. The number of carbonyl (C=O) groups is 3. The van der Waals surface area contributed by atoms with Crippen molar-refractivity contribution in [3.8, 4) is 0 Å². The molecule has 1 aliphatic rings. The van der Waals surface area contributed by atoms with Gasteiger partial charge in [0.05, 0.1) is 11.5 Å². The van der Waals surface area contributed by atoms with Crippen LogP contribution in [0.2, 0.25) is 0 Å². The minimum Gasteiger partial charge on any atom is -0.478 e. The predicted molar refractivity (Wildman–Crippen MR) is 58.4 cm³/mol. The van der Waals surface area contributed by atoms with Crippen molar-refractivity contribution in [2.45, 2.75) is 12.8 Å². The van der Waals surface area contributed by atoms with Crippen LogP contribution in [0.25, 0.3) is 0 Å². The summed E-state index contributed by atoms with van der Waals surface area (Å²) in [5.41, 5.74) is 1.06. The largest absolute Gasteiger partial charge is 0.478 e. The summed E-state index contributed by atoms with van der Waals surface area (Å²) < 4.78 is 0. The van der Waals surface area contributed by atoms with E-state index in [1.807, 2.05) is 0 Å². The molecule has 0 spiro atoms. The molecule has 5 nitrogen and oxygen atoms in total. The highest BCUT2D eigenvalue weighted by atomic mass is 16.4. The van der Waals surface area contributed by atoms with Crippen LogP contribution in [0.5, 0.6) is 0 Å². The number of hydrogen-bond acceptors (Lipinski definition) is 3. The van der Waals surface area contributed by atoms with Gasteiger partial charge in [0.15, 0.2) is 0 Å². The third-order valence-electron chi connectivity index (χ3n) is 2.75. The molecule has 1 fully saturated rings. The number of aromatic carboxylic acids is 1. The molecule has 2 N–H and O–H groups in total. The van der Waals surface area contributed by atoms with E-state index in [4.69, 9.17) is 5.11 Å². The second-order valence-corrected chi connectivity index (χ2v) is 4.02. The number of rotatable bonds is 3. The van der Waals surface area contributed by atoms with Gasteiger partial charge in [-0.25, -0.2) is 4.79 Å². The number of carboxylic acid groups (broad SMARTS) is 1. The quantitative estimate of drug-likeness (QED) is 0.748. The molecule has 88 valence electrons. The molecule has 0 radical (unpaired) electrons. The molecule has 17 heavy (non-hydrogen) atoms. The molecule has 1 aromatic carbocycles. The number of benzene rings is 1. The molecule has 0 saturated carbocycles. The Balaban J connectivity index is 2.07. The Bertz CT molecular complexity index is 478. The molecule has 0 aliphatic carbocycles. The second-order valence-electron chi connectivity index (χ2n) is 4.02. The first-order chi connectivity index (χ1) is 8.06. The van der Waals surface area contributed by atoms with Gasteiger partial charge in [0.25, 0.3) is 0 Å². The molecule has 1 aliphatic heterocycles. The highest BCUT2D eigenvalue weighted by molar-refractivity contribution is 6.03. The summed E-state index contributed by atoms with van der Waals surface area (Å²) in [4.78, 5) is 33.0. The lowest BCUT2D eigenvalue weighted by Crippen LogP contribution is -2.22. The van der Waals surface area contributed by atoms with Crippen LogP contribution < -0.4 is 5.32 Å². The number of amides is 2. The summed E-state index contributed by atoms with van der Waals surface area (Å²) in [5, 5.41) is 11.0. The number of carbonyl (C=O) groups excluding carboxylic acids is 2. The highest BCUT2D eigenvalue weighted by Crippen LogP contribution is 2.17. The number of nitrogens with one attached hydrogen (secondary N) is 1. The predicted octanol–water partition coefficient (Wildman–Crippen LogP) is 0.590. The van der Waals surface area contributed by atoms with E-state index >= 15 is 0 Å². The van der Waals surface area contributed by atoms with Crippen molar-refractivity contribution >= 4 is 17.8 Å². The summed E-state index contributed by atoms with van der Waals surface area (Å²) in [6.07, 6.45) is 0.664. The van der Waals surface area contributed by atoms with Crippen LogP contribution in [0.15, 0.2) is 24.3 Å². The van der Waals surface area contributed by atoms with Crippen molar-refractivity contribution in [3.63, 3.8) is 0 Å². The fraction of sp³-hybridized carbons (Fsp3) is 0.250. The van der Waals surface area contributed by atoms with Gasteiger partial charge >= 0.3 is 5.97 Å². The normalized spacial score (nSPS) is 19.2. The molecule has 1 saturated heterocycles. The highest BCUT2D eigenvalue weighted by Gasteiger charge is 2.30. The smallest absolute Gasteiger partial charge is 0.335 e. The van der Waals surface area contributed by atoms with E-state index in [0.717, 1.165) is 5.56 Å². The molecule has 2 rings (SSSR count). The summed E-state index contributed by atoms with van der Waals surface area (Å²) in [5.74, 6) is -1.82. The Hall–Kier alpha value is -2.17. The van der Waals surface area contributed by atoms with E-state index in [1.54, 1.807) is 12.1 Å². The van der Waals surface area contributed by atoms with Gasteiger partial charge in [-0.2, -0.15) is 0 Å². The van der Waals surface area contributed by atoms with Crippen LogP contribution in [0.4, 0.5) is 0 Å². The maximum atomic E-state index is 11.3. The van der Waals surface area contributed by atoms with Crippen LogP contribution in [0.3, 0.4) is 0 Å². The van der Waals surface area contributed by atoms with Crippen molar-refractivity contribution in [1.29, 1.82) is 0 Å². The zero-order valence-corrected chi connectivity index (χ0v) is 8.97. The van der Waals surface area contributed by atoms with Gasteiger partial charge in [-0.05, 0) is 24.1 Å². The van der Waals surface area contributed by atoms with E-state index in [-0.39, 0.29) is 29.7 Å². The molecule has 1 aromatic rings. The first kappa shape index (κ1) is 11.3. The first-order valence-electron chi connectivity index (χ1n) is 5.22. The Morgan fingerprint density at radius 1 is 1.29 bits per heavy atom.